The van der Waals surface area contributed by atoms with Gasteiger partial charge in [-0.2, -0.15) is 30.4 Å². The highest BCUT2D eigenvalue weighted by Crippen LogP contribution is 2.36. The zero-order valence-corrected chi connectivity index (χ0v) is 23.3. The van der Waals surface area contributed by atoms with Crippen LogP contribution in [0.4, 0.5) is 17.1 Å². The molecular weight excluding hydrogens is 618 g/mol. The largest absolute Gasteiger partial charge is 0.397 e. The summed E-state index contributed by atoms with van der Waals surface area (Å²) in [6, 6.07) is 8.29. The molecule has 3 rings (SSSR count). The van der Waals surface area contributed by atoms with Crippen molar-refractivity contribution < 1.29 is 56.3 Å². The van der Waals surface area contributed by atoms with Crippen LogP contribution >= 0.6 is 0 Å². The van der Waals surface area contributed by atoms with Crippen molar-refractivity contribution in [3.8, 4) is 0 Å². The molecule has 216 valence electrons. The first-order valence-corrected chi connectivity index (χ1v) is 16.4. The van der Waals surface area contributed by atoms with Gasteiger partial charge < -0.3 is 5.32 Å². The minimum atomic E-state index is -4.96. The van der Waals surface area contributed by atoms with E-state index in [0.717, 1.165) is 43.3 Å². The molecule has 3 aromatic carbocycles. The number of carbonyl (C=O) groups excluding carboxylic acids is 1. The van der Waals surface area contributed by atoms with E-state index < -0.39 is 74.2 Å². The van der Waals surface area contributed by atoms with E-state index in [4.69, 9.17) is 4.55 Å². The molecule has 20 heteroatoms. The SMILES string of the molecule is CC(=O)Nc1cc(S(=O)(=O)O)cc2cc(S(=O)(=O)O)c(N=Nc3ccc(S(=O)(=O)CCOS(=O)(=O)O)cc3)cc12. The summed E-state index contributed by atoms with van der Waals surface area (Å²) in [5.41, 5.74) is -0.568. The Morgan fingerprint density at radius 3 is 1.98 bits per heavy atom. The van der Waals surface area contributed by atoms with E-state index in [1.807, 2.05) is 0 Å². The molecule has 0 saturated heterocycles. The first-order chi connectivity index (χ1) is 18.3. The van der Waals surface area contributed by atoms with Crippen LogP contribution in [0.25, 0.3) is 10.8 Å². The molecule has 40 heavy (non-hydrogen) atoms. The molecule has 3 aromatic rings. The molecule has 0 aliphatic rings. The highest BCUT2D eigenvalue weighted by molar-refractivity contribution is 7.91. The molecular formula is C20H19N3O13S4. The van der Waals surface area contributed by atoms with E-state index in [1.165, 1.54) is 12.1 Å². The van der Waals surface area contributed by atoms with E-state index in [1.54, 1.807) is 0 Å². The Hall–Kier alpha value is -3.37. The maximum absolute atomic E-state index is 12.3. The summed E-state index contributed by atoms with van der Waals surface area (Å²) >= 11 is 0. The summed E-state index contributed by atoms with van der Waals surface area (Å²) in [5.74, 6) is -1.41. The van der Waals surface area contributed by atoms with E-state index in [2.05, 4.69) is 19.7 Å². The first kappa shape index (κ1) is 31.2. The summed E-state index contributed by atoms with van der Waals surface area (Å²) < 4.78 is 125. The lowest BCUT2D eigenvalue weighted by atomic mass is 10.1. The average Bonchev–Trinajstić information content (AvgIpc) is 2.80. The zero-order valence-electron chi connectivity index (χ0n) is 20.0. The molecule has 0 unspecified atom stereocenters. The van der Waals surface area contributed by atoms with Gasteiger partial charge in [0.05, 0.1) is 33.5 Å². The fraction of sp³-hybridized carbons (Fsp3) is 0.150. The Balaban J connectivity index is 2.05. The van der Waals surface area contributed by atoms with Gasteiger partial charge in [-0.15, -0.1) is 5.11 Å². The normalized spacial score (nSPS) is 13.1. The molecule has 0 fully saturated rings. The Morgan fingerprint density at radius 1 is 0.825 bits per heavy atom. The third-order valence-corrected chi connectivity index (χ3v) is 8.82. The number of hydrogen-bond donors (Lipinski definition) is 4. The van der Waals surface area contributed by atoms with Crippen molar-refractivity contribution in [3.63, 3.8) is 0 Å². The number of amides is 1. The zero-order chi connectivity index (χ0) is 30.1. The number of nitrogens with zero attached hydrogens (tertiary/aromatic N) is 2. The van der Waals surface area contributed by atoms with Crippen molar-refractivity contribution in [1.29, 1.82) is 0 Å². The first-order valence-electron chi connectivity index (χ1n) is 10.5. The van der Waals surface area contributed by atoms with Gasteiger partial charge in [0.2, 0.25) is 5.91 Å². The number of sulfone groups is 1. The molecule has 0 spiro atoms. The van der Waals surface area contributed by atoms with Crippen molar-refractivity contribution in [2.45, 2.75) is 21.6 Å². The van der Waals surface area contributed by atoms with Gasteiger partial charge in [-0.1, -0.05) is 0 Å². The van der Waals surface area contributed by atoms with Crippen LogP contribution in [0.2, 0.25) is 0 Å². The summed E-state index contributed by atoms with van der Waals surface area (Å²) in [4.78, 5) is 9.92. The standard InChI is InChI=1S/C20H19N3O13S4/c1-12(24)21-18-10-16(38(27,28)29)8-13-9-20(39(30,31)32)19(11-17(13)18)23-22-14-2-4-15(5-3-14)37(25,26)7-6-36-40(33,34)35/h2-5,8-11H,6-7H2,1H3,(H,21,24)(H,27,28,29)(H,30,31,32)(H,33,34,35). The van der Waals surface area contributed by atoms with Gasteiger partial charge >= 0.3 is 10.4 Å². The van der Waals surface area contributed by atoms with Crippen molar-refractivity contribution in [3.05, 3.63) is 48.5 Å². The maximum Gasteiger partial charge on any atom is 0.397 e. The van der Waals surface area contributed by atoms with E-state index >= 15 is 0 Å². The monoisotopic (exact) mass is 637 g/mol. The second-order valence-electron chi connectivity index (χ2n) is 7.91. The number of nitrogens with one attached hydrogen (secondary N) is 1. The Bertz CT molecular complexity index is 1950. The number of rotatable bonds is 10. The molecule has 0 aliphatic heterocycles. The van der Waals surface area contributed by atoms with Crippen LogP contribution in [0.3, 0.4) is 0 Å². The number of anilines is 1. The third kappa shape index (κ3) is 8.08. The number of azo groups is 1. The molecule has 0 aliphatic carbocycles. The predicted molar refractivity (Wildman–Crippen MR) is 138 cm³/mol. The number of carbonyl (C=O) groups is 1. The minimum Gasteiger partial charge on any atom is -0.326 e. The summed E-state index contributed by atoms with van der Waals surface area (Å²) in [6.07, 6.45) is 0. The van der Waals surface area contributed by atoms with Gasteiger partial charge in [-0.25, -0.2) is 12.6 Å². The molecule has 0 heterocycles. The van der Waals surface area contributed by atoms with Crippen LogP contribution in [0.1, 0.15) is 6.92 Å². The summed E-state index contributed by atoms with van der Waals surface area (Å²) in [6.45, 7) is 0.278. The minimum absolute atomic E-state index is 0.0123. The average molecular weight is 638 g/mol. The second-order valence-corrected chi connectivity index (χ2v) is 13.9. The van der Waals surface area contributed by atoms with Gasteiger partial charge in [0, 0.05) is 12.3 Å². The molecule has 0 radical (unpaired) electrons. The van der Waals surface area contributed by atoms with Crippen molar-refractivity contribution >= 4 is 74.2 Å². The van der Waals surface area contributed by atoms with E-state index in [0.29, 0.717) is 0 Å². The molecule has 0 aromatic heterocycles. The van der Waals surface area contributed by atoms with Gasteiger partial charge in [-0.05, 0) is 53.9 Å². The lowest BCUT2D eigenvalue weighted by molar-refractivity contribution is -0.114. The van der Waals surface area contributed by atoms with Crippen LogP contribution in [-0.2, 0) is 49.5 Å². The highest BCUT2D eigenvalue weighted by Gasteiger charge is 2.21. The quantitative estimate of drug-likeness (QED) is 0.184. The van der Waals surface area contributed by atoms with Crippen molar-refractivity contribution in [2.75, 3.05) is 17.7 Å². The van der Waals surface area contributed by atoms with Gasteiger partial charge in [0.1, 0.15) is 10.6 Å². The second kappa shape index (κ2) is 11.2. The lowest BCUT2D eigenvalue weighted by Gasteiger charge is -2.12. The fourth-order valence-electron chi connectivity index (χ4n) is 3.28. The summed E-state index contributed by atoms with van der Waals surface area (Å²) in [7, 11) is -18.6. The molecule has 0 bridgehead atoms. The molecule has 1 amide bonds. The van der Waals surface area contributed by atoms with Crippen molar-refractivity contribution in [1.82, 2.24) is 0 Å². The van der Waals surface area contributed by atoms with E-state index in [9.17, 15) is 47.6 Å². The van der Waals surface area contributed by atoms with Gasteiger partial charge in [-0.3, -0.25) is 18.5 Å². The van der Waals surface area contributed by atoms with Crippen molar-refractivity contribution in [2.24, 2.45) is 10.2 Å². The topological polar surface area (TPSA) is 260 Å². The van der Waals surface area contributed by atoms with Crippen LogP contribution in [0, 0.1) is 0 Å². The van der Waals surface area contributed by atoms with Gasteiger partial charge in [0.15, 0.2) is 9.84 Å². The number of hydrogen-bond acceptors (Lipinski definition) is 12. The molecule has 0 saturated carbocycles. The predicted octanol–water partition coefficient (Wildman–Crippen LogP) is 2.30. The highest BCUT2D eigenvalue weighted by atomic mass is 32.3. The molecule has 4 N–H and O–H groups in total. The van der Waals surface area contributed by atoms with Crippen LogP contribution in [0.15, 0.2) is 73.4 Å². The fourth-order valence-corrected chi connectivity index (χ4v) is 5.95. The Kier molecular flexibility index (Phi) is 8.76. The summed E-state index contributed by atoms with van der Waals surface area (Å²) in [5, 5.41) is 9.92. The number of benzene rings is 3. The van der Waals surface area contributed by atoms with Crippen LogP contribution < -0.4 is 5.32 Å². The Morgan fingerprint density at radius 2 is 1.45 bits per heavy atom. The Labute approximate surface area is 228 Å². The van der Waals surface area contributed by atoms with E-state index in [-0.39, 0.29) is 27.0 Å². The third-order valence-electron chi connectivity index (χ3n) is 4.95. The van der Waals surface area contributed by atoms with Gasteiger partial charge in [0.25, 0.3) is 20.2 Å². The van der Waals surface area contributed by atoms with Crippen LogP contribution in [0.5, 0.6) is 0 Å². The smallest absolute Gasteiger partial charge is 0.326 e. The molecule has 0 atom stereocenters. The number of fused-ring (bicyclic) bond motifs is 1. The maximum atomic E-state index is 12.3. The van der Waals surface area contributed by atoms with Crippen LogP contribution in [-0.4, -0.2) is 65.6 Å². The molecule has 16 nitrogen and oxygen atoms in total. The lowest BCUT2D eigenvalue weighted by Crippen LogP contribution is -2.15.